The molecule has 2 nitrogen and oxygen atoms in total. The van der Waals surface area contributed by atoms with Crippen LogP contribution < -0.4 is 5.32 Å². The zero-order valence-corrected chi connectivity index (χ0v) is 12.2. The highest BCUT2D eigenvalue weighted by Crippen LogP contribution is 2.21. The Balaban J connectivity index is 1.70. The van der Waals surface area contributed by atoms with E-state index < -0.39 is 0 Å². The summed E-state index contributed by atoms with van der Waals surface area (Å²) in [5, 5.41) is 5.43. The second-order valence-electron chi connectivity index (χ2n) is 4.98. The van der Waals surface area contributed by atoms with Gasteiger partial charge in [-0.3, -0.25) is 0 Å². The molecule has 102 valence electrons. The molecule has 3 rings (SSSR count). The van der Waals surface area contributed by atoms with Crippen molar-refractivity contribution in [1.82, 2.24) is 4.57 Å². The van der Waals surface area contributed by atoms with Crippen molar-refractivity contribution in [2.24, 2.45) is 0 Å². The number of anilines is 1. The molecule has 0 unspecified atom stereocenters. The van der Waals surface area contributed by atoms with Gasteiger partial charge >= 0.3 is 0 Å². The van der Waals surface area contributed by atoms with Crippen molar-refractivity contribution < 1.29 is 0 Å². The molecule has 0 aliphatic heterocycles. The van der Waals surface area contributed by atoms with Crippen molar-refractivity contribution in [3.05, 3.63) is 65.3 Å². The summed E-state index contributed by atoms with van der Waals surface area (Å²) in [7, 11) is 0. The molecule has 0 saturated carbocycles. The number of aryl methyl sites for hydroxylation is 1. The lowest BCUT2D eigenvalue weighted by Gasteiger charge is -2.10. The maximum Gasteiger partial charge on any atom is 0.0637 e. The van der Waals surface area contributed by atoms with Gasteiger partial charge in [-0.15, -0.1) is 0 Å². The number of benzene rings is 2. The number of rotatable bonds is 4. The minimum atomic E-state index is 0.764. The summed E-state index contributed by atoms with van der Waals surface area (Å²) in [5.74, 6) is 0. The molecule has 0 atom stereocenters. The van der Waals surface area contributed by atoms with Gasteiger partial charge in [-0.1, -0.05) is 35.4 Å². The van der Waals surface area contributed by atoms with Gasteiger partial charge in [0.05, 0.1) is 10.7 Å². The number of aromatic nitrogens is 1. The summed E-state index contributed by atoms with van der Waals surface area (Å²) in [4.78, 5) is 0. The fourth-order valence-corrected chi connectivity index (χ4v) is 2.63. The smallest absolute Gasteiger partial charge is 0.0637 e. The third-order valence-electron chi connectivity index (χ3n) is 3.47. The minimum absolute atomic E-state index is 0.764. The first kappa shape index (κ1) is 13.1. The molecule has 0 radical (unpaired) electrons. The Bertz CT molecular complexity index is 731. The van der Waals surface area contributed by atoms with Crippen molar-refractivity contribution in [3.8, 4) is 0 Å². The summed E-state index contributed by atoms with van der Waals surface area (Å²) in [5.41, 5.74) is 3.56. The van der Waals surface area contributed by atoms with Gasteiger partial charge in [0.15, 0.2) is 0 Å². The van der Waals surface area contributed by atoms with Gasteiger partial charge in [-0.2, -0.15) is 0 Å². The third kappa shape index (κ3) is 2.66. The van der Waals surface area contributed by atoms with Gasteiger partial charge in [0.25, 0.3) is 0 Å². The average Bonchev–Trinajstić information content (AvgIpc) is 2.83. The molecule has 0 aliphatic rings. The fourth-order valence-electron chi connectivity index (χ4n) is 2.43. The predicted molar refractivity (Wildman–Crippen MR) is 86.6 cm³/mol. The quantitative estimate of drug-likeness (QED) is 0.734. The molecule has 3 heteroatoms. The first-order valence-electron chi connectivity index (χ1n) is 6.78. The van der Waals surface area contributed by atoms with Crippen LogP contribution in [0.4, 0.5) is 5.69 Å². The van der Waals surface area contributed by atoms with Crippen molar-refractivity contribution in [3.63, 3.8) is 0 Å². The molecule has 0 spiro atoms. The molecule has 3 aromatic rings. The third-order valence-corrected chi connectivity index (χ3v) is 3.80. The van der Waals surface area contributed by atoms with E-state index in [9.17, 15) is 0 Å². The van der Waals surface area contributed by atoms with E-state index in [2.05, 4.69) is 47.3 Å². The van der Waals surface area contributed by atoms with Crippen LogP contribution in [0.5, 0.6) is 0 Å². The number of nitrogens with one attached hydrogen (secondary N) is 1. The van der Waals surface area contributed by atoms with Crippen molar-refractivity contribution in [2.45, 2.75) is 13.5 Å². The monoisotopic (exact) mass is 284 g/mol. The molecule has 1 aromatic heterocycles. The average molecular weight is 285 g/mol. The Morgan fingerprint density at radius 2 is 1.95 bits per heavy atom. The minimum Gasteiger partial charge on any atom is -0.382 e. The Labute approximate surface area is 124 Å². The number of nitrogens with zero attached hydrogens (tertiary/aromatic N) is 1. The van der Waals surface area contributed by atoms with Crippen LogP contribution in [0.2, 0.25) is 5.02 Å². The van der Waals surface area contributed by atoms with Gasteiger partial charge in [-0.05, 0) is 42.6 Å². The SMILES string of the molecule is Cc1ccc2c(ccn2CCNc2ccccc2Cl)c1. The fraction of sp³-hybridized carbons (Fsp3) is 0.176. The molecule has 2 aromatic carbocycles. The second kappa shape index (κ2) is 5.59. The highest BCUT2D eigenvalue weighted by Gasteiger charge is 2.02. The van der Waals surface area contributed by atoms with Gasteiger partial charge in [-0.25, -0.2) is 0 Å². The number of para-hydroxylation sites is 1. The lowest BCUT2D eigenvalue weighted by Crippen LogP contribution is -2.09. The molecule has 0 amide bonds. The first-order chi connectivity index (χ1) is 9.74. The predicted octanol–water partition coefficient (Wildman–Crippen LogP) is 4.72. The van der Waals surface area contributed by atoms with E-state index in [4.69, 9.17) is 11.6 Å². The Morgan fingerprint density at radius 3 is 2.80 bits per heavy atom. The van der Waals surface area contributed by atoms with Crippen LogP contribution in [-0.2, 0) is 6.54 Å². The van der Waals surface area contributed by atoms with Gasteiger partial charge in [0.1, 0.15) is 0 Å². The summed E-state index contributed by atoms with van der Waals surface area (Å²) in [6.45, 7) is 3.88. The van der Waals surface area contributed by atoms with Crippen molar-refractivity contribution >= 4 is 28.2 Å². The van der Waals surface area contributed by atoms with Crippen LogP contribution in [0.3, 0.4) is 0 Å². The summed E-state index contributed by atoms with van der Waals surface area (Å²) in [6.07, 6.45) is 2.14. The van der Waals surface area contributed by atoms with Crippen molar-refractivity contribution in [2.75, 3.05) is 11.9 Å². The lowest BCUT2D eigenvalue weighted by molar-refractivity contribution is 0.757. The molecular formula is C17H17ClN2. The largest absolute Gasteiger partial charge is 0.382 e. The van der Waals surface area contributed by atoms with Crippen LogP contribution in [0.25, 0.3) is 10.9 Å². The molecule has 0 bridgehead atoms. The van der Waals surface area contributed by atoms with Gasteiger partial charge < -0.3 is 9.88 Å². The van der Waals surface area contributed by atoms with Crippen LogP contribution in [0.15, 0.2) is 54.7 Å². The Morgan fingerprint density at radius 1 is 1.10 bits per heavy atom. The highest BCUT2D eigenvalue weighted by molar-refractivity contribution is 6.33. The second-order valence-corrected chi connectivity index (χ2v) is 5.39. The van der Waals surface area contributed by atoms with Gasteiger partial charge in [0, 0.05) is 24.8 Å². The van der Waals surface area contributed by atoms with Crippen molar-refractivity contribution in [1.29, 1.82) is 0 Å². The molecular weight excluding hydrogens is 268 g/mol. The molecule has 0 fully saturated rings. The van der Waals surface area contributed by atoms with E-state index >= 15 is 0 Å². The van der Waals surface area contributed by atoms with Crippen LogP contribution in [-0.4, -0.2) is 11.1 Å². The zero-order valence-electron chi connectivity index (χ0n) is 11.4. The normalized spacial score (nSPS) is 10.9. The maximum atomic E-state index is 6.13. The zero-order chi connectivity index (χ0) is 13.9. The Kier molecular flexibility index (Phi) is 3.66. The van der Waals surface area contributed by atoms with Crippen LogP contribution in [0.1, 0.15) is 5.56 Å². The topological polar surface area (TPSA) is 17.0 Å². The van der Waals surface area contributed by atoms with E-state index in [-0.39, 0.29) is 0 Å². The van der Waals surface area contributed by atoms with E-state index in [1.165, 1.54) is 16.5 Å². The van der Waals surface area contributed by atoms with E-state index in [1.807, 2.05) is 24.3 Å². The van der Waals surface area contributed by atoms with E-state index in [1.54, 1.807) is 0 Å². The number of fused-ring (bicyclic) bond motifs is 1. The standard InChI is InChI=1S/C17H17ClN2/c1-13-6-7-17-14(12-13)8-10-20(17)11-9-19-16-5-3-2-4-15(16)18/h2-8,10,12,19H,9,11H2,1H3. The van der Waals surface area contributed by atoms with Crippen LogP contribution >= 0.6 is 11.6 Å². The Hall–Kier alpha value is -1.93. The number of hydrogen-bond donors (Lipinski definition) is 1. The summed E-state index contributed by atoms with van der Waals surface area (Å²) in [6, 6.07) is 16.5. The van der Waals surface area contributed by atoms with Gasteiger partial charge in [0.2, 0.25) is 0 Å². The molecule has 0 aliphatic carbocycles. The summed E-state index contributed by atoms with van der Waals surface area (Å²) < 4.78 is 2.26. The molecule has 0 saturated heterocycles. The first-order valence-corrected chi connectivity index (χ1v) is 7.16. The molecule has 1 heterocycles. The van der Waals surface area contributed by atoms with Crippen LogP contribution in [0, 0.1) is 6.92 Å². The summed E-state index contributed by atoms with van der Waals surface area (Å²) >= 11 is 6.13. The molecule has 1 N–H and O–H groups in total. The maximum absolute atomic E-state index is 6.13. The lowest BCUT2D eigenvalue weighted by atomic mass is 10.2. The molecule has 20 heavy (non-hydrogen) atoms. The number of halogens is 1. The highest BCUT2D eigenvalue weighted by atomic mass is 35.5. The number of hydrogen-bond acceptors (Lipinski definition) is 1. The van der Waals surface area contributed by atoms with E-state index in [0.717, 1.165) is 23.8 Å². The van der Waals surface area contributed by atoms with E-state index in [0.29, 0.717) is 0 Å².